The molecule has 1 N–H and O–H groups in total. The van der Waals surface area contributed by atoms with E-state index in [2.05, 4.69) is 73.0 Å². The fourth-order valence-corrected chi connectivity index (χ4v) is 6.11. The van der Waals surface area contributed by atoms with Gasteiger partial charge in [0.05, 0.1) is 31.6 Å². The second-order valence-electron chi connectivity index (χ2n) is 13.2. The maximum atomic E-state index is 13.3. The van der Waals surface area contributed by atoms with Gasteiger partial charge in [0.2, 0.25) is 0 Å². The van der Waals surface area contributed by atoms with E-state index >= 15 is 0 Å². The van der Waals surface area contributed by atoms with Crippen molar-refractivity contribution in [1.82, 2.24) is 10.2 Å². The van der Waals surface area contributed by atoms with Gasteiger partial charge >= 0.3 is 18.0 Å². The molecule has 0 aromatic heterocycles. The number of allylic oxidation sites excluding steroid dienone is 1. The first kappa shape index (κ1) is 34.2. The number of urea groups is 1. The summed E-state index contributed by atoms with van der Waals surface area (Å²) in [5, 5.41) is 2.67. The smallest absolute Gasteiger partial charge is 0.347 e. The van der Waals surface area contributed by atoms with Gasteiger partial charge in [-0.05, 0) is 56.2 Å². The Kier molecular flexibility index (Phi) is 11.0. The normalized spacial score (nSPS) is 22.3. The number of hydrogen-bond acceptors (Lipinski definition) is 8. The molecular formula is C28H50N2O8Si2. The van der Waals surface area contributed by atoms with Crippen LogP contribution in [0.4, 0.5) is 4.79 Å². The summed E-state index contributed by atoms with van der Waals surface area (Å²) < 4.78 is 29.8. The van der Waals surface area contributed by atoms with Crippen molar-refractivity contribution in [2.45, 2.75) is 117 Å². The highest BCUT2D eigenvalue weighted by molar-refractivity contribution is 6.74. The Morgan fingerprint density at radius 2 is 1.50 bits per heavy atom. The second kappa shape index (κ2) is 12.9. The Bertz CT molecular complexity index is 991. The van der Waals surface area contributed by atoms with Gasteiger partial charge in [0, 0.05) is 12.6 Å². The van der Waals surface area contributed by atoms with Gasteiger partial charge in [0.25, 0.3) is 0 Å². The van der Waals surface area contributed by atoms with Crippen LogP contribution in [0.15, 0.2) is 23.5 Å². The Morgan fingerprint density at radius 1 is 0.975 bits per heavy atom. The van der Waals surface area contributed by atoms with Crippen LogP contribution in [0.25, 0.3) is 0 Å². The average molecular weight is 599 g/mol. The molecule has 2 rings (SSSR count). The van der Waals surface area contributed by atoms with Crippen molar-refractivity contribution >= 4 is 34.6 Å². The molecule has 0 saturated carbocycles. The van der Waals surface area contributed by atoms with E-state index in [9.17, 15) is 14.4 Å². The SMILES string of the molecule is CCOC(=O)C(C(=O)OCC)=C1C=CN([C@H]2C[C@H](O[Si](C)(C)C(C)(C)C)[C@@H](CO[Si](C)(C)C(C)(C)C)O2)C(=O)N1. The molecule has 2 heterocycles. The van der Waals surface area contributed by atoms with Crippen LogP contribution in [0.1, 0.15) is 61.8 Å². The Morgan fingerprint density at radius 3 is 1.95 bits per heavy atom. The molecule has 0 spiro atoms. The Hall–Kier alpha value is -2.00. The van der Waals surface area contributed by atoms with E-state index < -0.39 is 40.8 Å². The summed E-state index contributed by atoms with van der Waals surface area (Å²) in [6, 6.07) is -0.536. The minimum Gasteiger partial charge on any atom is -0.462 e. The second-order valence-corrected chi connectivity index (χ2v) is 22.8. The summed E-state index contributed by atoms with van der Waals surface area (Å²) >= 11 is 0. The van der Waals surface area contributed by atoms with E-state index in [-0.39, 0.29) is 46.8 Å². The van der Waals surface area contributed by atoms with Gasteiger partial charge in [-0.1, -0.05) is 41.5 Å². The van der Waals surface area contributed by atoms with Gasteiger partial charge in [-0.15, -0.1) is 0 Å². The van der Waals surface area contributed by atoms with Crippen molar-refractivity contribution in [3.63, 3.8) is 0 Å². The molecule has 10 nitrogen and oxygen atoms in total. The van der Waals surface area contributed by atoms with Gasteiger partial charge in [0.15, 0.2) is 22.2 Å². The maximum Gasteiger partial charge on any atom is 0.347 e. The highest BCUT2D eigenvalue weighted by Gasteiger charge is 2.48. The number of rotatable bonds is 10. The van der Waals surface area contributed by atoms with Crippen molar-refractivity contribution in [3.8, 4) is 0 Å². The molecule has 40 heavy (non-hydrogen) atoms. The molecule has 12 heteroatoms. The van der Waals surface area contributed by atoms with Crippen LogP contribution in [0.2, 0.25) is 36.3 Å². The molecule has 228 valence electrons. The fourth-order valence-electron chi connectivity index (χ4n) is 3.73. The zero-order chi connectivity index (χ0) is 30.7. The molecule has 2 amide bonds. The van der Waals surface area contributed by atoms with Crippen LogP contribution in [0, 0.1) is 0 Å². The summed E-state index contributed by atoms with van der Waals surface area (Å²) in [4.78, 5) is 39.7. The van der Waals surface area contributed by atoms with Crippen molar-refractivity contribution in [1.29, 1.82) is 0 Å². The standard InChI is InChI=1S/C28H50N2O8Si2/c1-13-34-24(31)23(25(32)35-14-2)19-15-16-30(26(33)29-19)22-17-20(38-40(11,12)28(6,7)8)21(37-22)18-36-39(9,10)27(3,4)5/h15-16,20-22H,13-14,17-18H2,1-12H3,(H,29,33)/t20-,21+,22+/m0/s1. The number of esters is 2. The summed E-state index contributed by atoms with van der Waals surface area (Å²) in [5.41, 5.74) is -0.344. The van der Waals surface area contributed by atoms with Gasteiger partial charge in [-0.2, -0.15) is 0 Å². The summed E-state index contributed by atoms with van der Waals surface area (Å²) in [5.74, 6) is -1.73. The molecule has 0 unspecified atom stereocenters. The highest BCUT2D eigenvalue weighted by Crippen LogP contribution is 2.41. The molecule has 1 saturated heterocycles. The van der Waals surface area contributed by atoms with Crippen molar-refractivity contribution < 1.29 is 37.4 Å². The first-order valence-electron chi connectivity index (χ1n) is 14.1. The lowest BCUT2D eigenvalue weighted by Crippen LogP contribution is -2.48. The van der Waals surface area contributed by atoms with E-state index in [0.717, 1.165) is 0 Å². The Labute approximate surface area is 242 Å². The summed E-state index contributed by atoms with van der Waals surface area (Å²) in [6.45, 7) is 25.7. The first-order chi connectivity index (χ1) is 18.3. The minimum atomic E-state index is -2.16. The zero-order valence-electron chi connectivity index (χ0n) is 26.4. The largest absolute Gasteiger partial charge is 0.462 e. The third kappa shape index (κ3) is 8.06. The molecular weight excluding hydrogens is 548 g/mol. The number of hydrogen-bond donors (Lipinski definition) is 1. The lowest BCUT2D eigenvalue weighted by atomic mass is 10.1. The monoisotopic (exact) mass is 598 g/mol. The van der Waals surface area contributed by atoms with E-state index in [1.807, 2.05) is 0 Å². The lowest BCUT2D eigenvalue weighted by molar-refractivity contribution is -0.146. The maximum absolute atomic E-state index is 13.3. The number of ether oxygens (including phenoxy) is 3. The minimum absolute atomic E-state index is 0.00534. The van der Waals surface area contributed by atoms with Gasteiger partial charge in [-0.25, -0.2) is 14.4 Å². The van der Waals surface area contributed by atoms with Crippen LogP contribution < -0.4 is 5.32 Å². The van der Waals surface area contributed by atoms with Crippen molar-refractivity contribution in [2.24, 2.45) is 0 Å². The third-order valence-corrected chi connectivity index (χ3v) is 17.3. The number of nitrogens with zero attached hydrogens (tertiary/aromatic N) is 1. The van der Waals surface area contributed by atoms with Gasteiger partial charge in [0.1, 0.15) is 12.3 Å². The predicted octanol–water partition coefficient (Wildman–Crippen LogP) is 5.43. The molecule has 1 fully saturated rings. The molecule has 0 aromatic rings. The van der Waals surface area contributed by atoms with Crippen LogP contribution in [0.3, 0.4) is 0 Å². The van der Waals surface area contributed by atoms with Crippen LogP contribution in [-0.4, -0.2) is 77.8 Å². The molecule has 0 aliphatic carbocycles. The molecule has 2 aliphatic heterocycles. The molecule has 0 radical (unpaired) electrons. The van der Waals surface area contributed by atoms with E-state index in [0.29, 0.717) is 13.0 Å². The number of nitrogens with one attached hydrogen (secondary N) is 1. The van der Waals surface area contributed by atoms with Crippen LogP contribution in [0.5, 0.6) is 0 Å². The molecule has 3 atom stereocenters. The van der Waals surface area contributed by atoms with E-state index in [1.165, 1.54) is 17.2 Å². The van der Waals surface area contributed by atoms with Gasteiger partial charge in [-0.3, -0.25) is 4.90 Å². The van der Waals surface area contributed by atoms with Crippen molar-refractivity contribution in [2.75, 3.05) is 19.8 Å². The first-order valence-corrected chi connectivity index (χ1v) is 19.9. The molecule has 0 aromatic carbocycles. The van der Waals surface area contributed by atoms with Crippen LogP contribution in [-0.2, 0) is 32.7 Å². The van der Waals surface area contributed by atoms with Crippen molar-refractivity contribution in [3.05, 3.63) is 23.5 Å². The fraction of sp³-hybridized carbons (Fsp3) is 0.750. The number of carbonyl (C=O) groups is 3. The van der Waals surface area contributed by atoms with E-state index in [1.54, 1.807) is 13.8 Å². The summed E-state index contributed by atoms with van der Waals surface area (Å²) in [7, 11) is -4.21. The summed E-state index contributed by atoms with van der Waals surface area (Å²) in [6.07, 6.45) is 2.21. The molecule has 2 aliphatic rings. The lowest BCUT2D eigenvalue weighted by Gasteiger charge is -2.40. The highest BCUT2D eigenvalue weighted by atomic mass is 28.4. The number of amides is 2. The van der Waals surface area contributed by atoms with Gasteiger partial charge < -0.3 is 28.4 Å². The molecule has 0 bridgehead atoms. The number of carbonyl (C=O) groups excluding carboxylic acids is 3. The predicted molar refractivity (Wildman–Crippen MR) is 158 cm³/mol. The Balaban J connectivity index is 2.35. The average Bonchev–Trinajstić information content (AvgIpc) is 3.18. The zero-order valence-corrected chi connectivity index (χ0v) is 28.4. The third-order valence-electron chi connectivity index (χ3n) is 8.26. The quantitative estimate of drug-likeness (QED) is 0.116. The van der Waals surface area contributed by atoms with E-state index in [4.69, 9.17) is 23.1 Å². The topological polar surface area (TPSA) is 113 Å². The van der Waals surface area contributed by atoms with Crippen LogP contribution >= 0.6 is 0 Å².